The van der Waals surface area contributed by atoms with Gasteiger partial charge in [-0.2, -0.15) is 5.26 Å². The predicted molar refractivity (Wildman–Crippen MR) is 77.4 cm³/mol. The summed E-state index contributed by atoms with van der Waals surface area (Å²) in [6, 6.07) is 2.73. The van der Waals surface area contributed by atoms with Gasteiger partial charge in [0.05, 0.1) is 6.21 Å². The van der Waals surface area contributed by atoms with E-state index in [1.807, 2.05) is 0 Å². The van der Waals surface area contributed by atoms with Gasteiger partial charge >= 0.3 is 0 Å². The highest BCUT2D eigenvalue weighted by Gasteiger charge is 2.35. The molecule has 7 heteroatoms. The maximum absolute atomic E-state index is 9.16. The van der Waals surface area contributed by atoms with Crippen LogP contribution in [0.25, 0.3) is 0 Å². The first-order chi connectivity index (χ1) is 10.3. The molecule has 110 valence electrons. The molecule has 0 aliphatic carbocycles. The summed E-state index contributed by atoms with van der Waals surface area (Å²) in [6.45, 7) is 2.52. The molecule has 7 nitrogen and oxygen atoms in total. The van der Waals surface area contributed by atoms with Crippen LogP contribution in [-0.2, 0) is 0 Å². The molecule has 21 heavy (non-hydrogen) atoms. The highest BCUT2D eigenvalue weighted by atomic mass is 16.4. The van der Waals surface area contributed by atoms with Gasteiger partial charge in [0, 0.05) is 44.1 Å². The molecule has 0 spiro atoms. The van der Waals surface area contributed by atoms with E-state index in [2.05, 4.69) is 31.0 Å². The van der Waals surface area contributed by atoms with Crippen LogP contribution < -0.4 is 4.90 Å². The smallest absolute Gasteiger partial charge is 0.183 e. The molecule has 0 aromatic carbocycles. The number of piperidine rings is 1. The second-order valence-corrected chi connectivity index (χ2v) is 5.44. The van der Waals surface area contributed by atoms with Gasteiger partial charge in [-0.1, -0.05) is 0 Å². The first-order valence-electron chi connectivity index (χ1n) is 7.23. The van der Waals surface area contributed by atoms with Gasteiger partial charge in [0.15, 0.2) is 11.5 Å². The fourth-order valence-electron chi connectivity index (χ4n) is 3.36. The highest BCUT2D eigenvalue weighted by molar-refractivity contribution is 5.64. The number of oxime groups is 1. The fraction of sp³-hybridized carbons (Fsp3) is 0.571. The Labute approximate surface area is 123 Å². The average Bonchev–Trinajstić information content (AvgIpc) is 2.55. The molecule has 0 radical (unpaired) electrons. The van der Waals surface area contributed by atoms with Crippen LogP contribution in [0.1, 0.15) is 25.0 Å². The lowest BCUT2D eigenvalue weighted by molar-refractivity contribution is 0.106. The monoisotopic (exact) mass is 286 g/mol. The van der Waals surface area contributed by atoms with E-state index in [4.69, 9.17) is 10.5 Å². The van der Waals surface area contributed by atoms with Crippen molar-refractivity contribution in [2.24, 2.45) is 5.16 Å². The summed E-state index contributed by atoms with van der Waals surface area (Å²) in [5.74, 6) is 0.678. The van der Waals surface area contributed by atoms with Crippen molar-refractivity contribution in [2.75, 3.05) is 24.5 Å². The van der Waals surface area contributed by atoms with E-state index in [1.54, 1.807) is 18.6 Å². The third kappa shape index (κ3) is 2.67. The van der Waals surface area contributed by atoms with Gasteiger partial charge in [0.2, 0.25) is 0 Å². The Kier molecular flexibility index (Phi) is 3.97. The highest BCUT2D eigenvalue weighted by Crippen LogP contribution is 2.28. The van der Waals surface area contributed by atoms with Crippen molar-refractivity contribution < 1.29 is 5.21 Å². The van der Waals surface area contributed by atoms with Crippen LogP contribution >= 0.6 is 0 Å². The minimum absolute atomic E-state index is 0.216. The van der Waals surface area contributed by atoms with Crippen LogP contribution in [-0.4, -0.2) is 58.0 Å². The van der Waals surface area contributed by atoms with Crippen molar-refractivity contribution in [3.8, 4) is 6.07 Å². The van der Waals surface area contributed by atoms with E-state index in [1.165, 1.54) is 0 Å². The number of nitriles is 1. The Morgan fingerprint density at radius 3 is 3.00 bits per heavy atom. The predicted octanol–water partition coefficient (Wildman–Crippen LogP) is 0.851. The number of rotatable bonds is 2. The summed E-state index contributed by atoms with van der Waals surface area (Å²) in [4.78, 5) is 12.9. The molecule has 0 unspecified atom stereocenters. The summed E-state index contributed by atoms with van der Waals surface area (Å²) in [6.07, 6.45) is 8.09. The number of hydrogen-bond donors (Lipinski definition) is 1. The zero-order chi connectivity index (χ0) is 14.7. The van der Waals surface area contributed by atoms with Crippen molar-refractivity contribution in [2.45, 2.75) is 31.3 Å². The van der Waals surface area contributed by atoms with Gasteiger partial charge in [0.1, 0.15) is 6.07 Å². The van der Waals surface area contributed by atoms with Gasteiger partial charge in [-0.05, 0) is 19.3 Å². The van der Waals surface area contributed by atoms with E-state index in [0.29, 0.717) is 17.6 Å². The number of anilines is 1. The van der Waals surface area contributed by atoms with Gasteiger partial charge in [0.25, 0.3) is 0 Å². The molecule has 0 saturated carbocycles. The van der Waals surface area contributed by atoms with Crippen molar-refractivity contribution in [1.29, 1.82) is 5.26 Å². The number of nitrogens with zero attached hydrogens (tertiary/aromatic N) is 6. The molecule has 2 fully saturated rings. The van der Waals surface area contributed by atoms with Crippen LogP contribution in [0, 0.1) is 11.3 Å². The van der Waals surface area contributed by atoms with E-state index < -0.39 is 0 Å². The fourth-order valence-corrected chi connectivity index (χ4v) is 3.36. The summed E-state index contributed by atoms with van der Waals surface area (Å²) >= 11 is 0. The zero-order valence-corrected chi connectivity index (χ0v) is 11.8. The van der Waals surface area contributed by atoms with Crippen LogP contribution in [0.5, 0.6) is 0 Å². The van der Waals surface area contributed by atoms with Crippen LogP contribution in [0.3, 0.4) is 0 Å². The van der Waals surface area contributed by atoms with Gasteiger partial charge in [-0.3, -0.25) is 4.90 Å². The molecule has 0 amide bonds. The summed E-state index contributed by atoms with van der Waals surface area (Å²) in [5.41, 5.74) is 0.384. The molecule has 1 N–H and O–H groups in total. The lowest BCUT2D eigenvalue weighted by Gasteiger charge is -2.47. The molecule has 1 aromatic heterocycles. The third-order valence-electron chi connectivity index (χ3n) is 4.31. The van der Waals surface area contributed by atoms with E-state index in [9.17, 15) is 0 Å². The zero-order valence-electron chi connectivity index (χ0n) is 11.8. The molecular weight excluding hydrogens is 268 g/mol. The van der Waals surface area contributed by atoms with Crippen molar-refractivity contribution >= 4 is 12.0 Å². The number of hydrogen-bond acceptors (Lipinski definition) is 7. The minimum atomic E-state index is 0.216. The van der Waals surface area contributed by atoms with Crippen LogP contribution in [0.2, 0.25) is 0 Å². The van der Waals surface area contributed by atoms with Crippen molar-refractivity contribution in [1.82, 2.24) is 14.9 Å². The molecule has 2 saturated heterocycles. The van der Waals surface area contributed by atoms with Crippen LogP contribution in [0.15, 0.2) is 17.5 Å². The lowest BCUT2D eigenvalue weighted by Crippen LogP contribution is -2.59. The van der Waals surface area contributed by atoms with E-state index in [-0.39, 0.29) is 6.04 Å². The Hall–Kier alpha value is -2.20. The van der Waals surface area contributed by atoms with Gasteiger partial charge in [-0.25, -0.2) is 9.97 Å². The number of piperazine rings is 1. The maximum Gasteiger partial charge on any atom is 0.183 e. The SMILES string of the molecule is N#Cc1nccnc1N1CCN2[C@@H](CCC[C@@H]2/C=N\O)C1. The number of fused-ring (bicyclic) bond motifs is 1. The molecular formula is C14H18N6O. The average molecular weight is 286 g/mol. The molecule has 1 aromatic rings. The standard InChI is InChI=1S/C14H18N6O/c15-8-13-14(17-5-4-16-13)19-6-7-20-11(9-18-21)2-1-3-12(20)10-19/h4-5,9,11-12,21H,1-3,6-7,10H2/b18-9-/t11-,12+/m1/s1. The second kappa shape index (κ2) is 6.06. The molecule has 2 aliphatic heterocycles. The topological polar surface area (TPSA) is 88.6 Å². The molecule has 3 rings (SSSR count). The Morgan fingerprint density at radius 2 is 2.19 bits per heavy atom. The minimum Gasteiger partial charge on any atom is -0.411 e. The second-order valence-electron chi connectivity index (χ2n) is 5.44. The quantitative estimate of drug-likeness (QED) is 0.492. The Bertz CT molecular complexity index is 569. The number of aromatic nitrogens is 2. The lowest BCUT2D eigenvalue weighted by atomic mass is 9.94. The van der Waals surface area contributed by atoms with Crippen molar-refractivity contribution in [3.05, 3.63) is 18.1 Å². The first kappa shape index (κ1) is 13.8. The normalized spacial score (nSPS) is 26.5. The summed E-state index contributed by atoms with van der Waals surface area (Å²) in [5, 5.41) is 21.2. The summed E-state index contributed by atoms with van der Waals surface area (Å²) < 4.78 is 0. The van der Waals surface area contributed by atoms with Gasteiger partial charge < -0.3 is 10.1 Å². The maximum atomic E-state index is 9.16. The summed E-state index contributed by atoms with van der Waals surface area (Å²) in [7, 11) is 0. The third-order valence-corrected chi connectivity index (χ3v) is 4.31. The van der Waals surface area contributed by atoms with E-state index >= 15 is 0 Å². The first-order valence-corrected chi connectivity index (χ1v) is 7.23. The molecule has 0 bridgehead atoms. The van der Waals surface area contributed by atoms with E-state index in [0.717, 1.165) is 38.9 Å². The Balaban J connectivity index is 1.77. The van der Waals surface area contributed by atoms with Crippen LogP contribution in [0.4, 0.5) is 5.82 Å². The molecule has 3 heterocycles. The Morgan fingerprint density at radius 1 is 1.33 bits per heavy atom. The van der Waals surface area contributed by atoms with Crippen molar-refractivity contribution in [3.63, 3.8) is 0 Å². The molecule has 2 aliphatic rings. The van der Waals surface area contributed by atoms with Gasteiger partial charge in [-0.15, -0.1) is 5.16 Å². The molecule has 2 atom stereocenters. The largest absolute Gasteiger partial charge is 0.411 e.